The van der Waals surface area contributed by atoms with Gasteiger partial charge in [-0.25, -0.2) is 19.0 Å². The summed E-state index contributed by atoms with van der Waals surface area (Å²) in [6.07, 6.45) is -6.11. The van der Waals surface area contributed by atoms with Crippen molar-refractivity contribution in [2.75, 3.05) is 26.7 Å². The molecule has 36 heavy (non-hydrogen) atoms. The number of alkyl halides is 6. The molecule has 0 atom stereocenters. The van der Waals surface area contributed by atoms with Crippen LogP contribution in [0.15, 0.2) is 30.5 Å². The van der Waals surface area contributed by atoms with E-state index in [1.54, 1.807) is 12.1 Å². The van der Waals surface area contributed by atoms with Crippen LogP contribution in [0.2, 0.25) is 0 Å². The van der Waals surface area contributed by atoms with E-state index >= 15 is 0 Å². The summed E-state index contributed by atoms with van der Waals surface area (Å²) in [7, 11) is 2.20. The Morgan fingerprint density at radius 3 is 2.00 bits per heavy atom. The first-order valence-electron chi connectivity index (χ1n) is 10.4. The number of imidazole rings is 1. The second-order valence-electron chi connectivity index (χ2n) is 7.94. The summed E-state index contributed by atoms with van der Waals surface area (Å²) in [4.78, 5) is 25.0. The highest BCUT2D eigenvalue weighted by Gasteiger charge is 2.44. The number of benzene rings is 1. The number of carboxylic acid groups (broad SMARTS) is 2. The molecule has 0 bridgehead atoms. The van der Waals surface area contributed by atoms with Crippen LogP contribution in [-0.2, 0) is 21.7 Å². The van der Waals surface area contributed by atoms with E-state index in [2.05, 4.69) is 21.8 Å². The molecule has 3 heterocycles. The van der Waals surface area contributed by atoms with Gasteiger partial charge in [0, 0.05) is 18.7 Å². The highest BCUT2D eigenvalue weighted by Crippen LogP contribution is 2.40. The van der Waals surface area contributed by atoms with Gasteiger partial charge >= 0.3 is 24.3 Å². The lowest BCUT2D eigenvalue weighted by molar-refractivity contribution is -0.193. The summed E-state index contributed by atoms with van der Waals surface area (Å²) < 4.78 is 79.3. The zero-order chi connectivity index (χ0) is 27.3. The molecular formula is C21H23F7N4O4. The van der Waals surface area contributed by atoms with Gasteiger partial charge in [-0.15, -0.1) is 0 Å². The molecule has 0 saturated carbocycles. The molecule has 0 amide bonds. The predicted octanol–water partition coefficient (Wildman–Crippen LogP) is 3.48. The molecule has 3 N–H and O–H groups in total. The average molecular weight is 528 g/mol. The molecule has 4 rings (SSSR count). The third-order valence-corrected chi connectivity index (χ3v) is 5.70. The first-order valence-corrected chi connectivity index (χ1v) is 10.4. The fraction of sp³-hybridized carbons (Fsp3) is 0.476. The van der Waals surface area contributed by atoms with Crippen molar-refractivity contribution in [1.82, 2.24) is 19.8 Å². The number of rotatable bonds is 1. The van der Waals surface area contributed by atoms with E-state index in [1.807, 2.05) is 12.3 Å². The molecule has 1 aromatic heterocycles. The highest BCUT2D eigenvalue weighted by atomic mass is 19.4. The van der Waals surface area contributed by atoms with Gasteiger partial charge in [-0.2, -0.15) is 26.3 Å². The van der Waals surface area contributed by atoms with Crippen LogP contribution in [0.3, 0.4) is 0 Å². The Morgan fingerprint density at radius 2 is 1.53 bits per heavy atom. The highest BCUT2D eigenvalue weighted by molar-refractivity contribution is 5.73. The first-order chi connectivity index (χ1) is 16.6. The van der Waals surface area contributed by atoms with Crippen LogP contribution < -0.4 is 5.32 Å². The van der Waals surface area contributed by atoms with Gasteiger partial charge in [0.05, 0.1) is 17.4 Å². The number of halogens is 7. The fourth-order valence-corrected chi connectivity index (χ4v) is 3.93. The minimum Gasteiger partial charge on any atom is -0.475 e. The van der Waals surface area contributed by atoms with Crippen LogP contribution in [0, 0.1) is 5.82 Å². The van der Waals surface area contributed by atoms with Crippen molar-refractivity contribution >= 4 is 11.9 Å². The lowest BCUT2D eigenvalue weighted by Gasteiger charge is -2.47. The molecule has 0 aliphatic carbocycles. The van der Waals surface area contributed by atoms with Gasteiger partial charge in [0.25, 0.3) is 0 Å². The molecule has 0 unspecified atom stereocenters. The summed E-state index contributed by atoms with van der Waals surface area (Å²) in [5, 5.41) is 17.7. The number of nitrogens with one attached hydrogen (secondary N) is 1. The van der Waals surface area contributed by atoms with Crippen LogP contribution >= 0.6 is 0 Å². The zero-order valence-electron chi connectivity index (χ0n) is 18.8. The molecular weight excluding hydrogens is 505 g/mol. The zero-order valence-corrected chi connectivity index (χ0v) is 18.8. The molecule has 200 valence electrons. The number of carbonyl (C=O) groups is 2. The second kappa shape index (κ2) is 11.2. The monoisotopic (exact) mass is 528 g/mol. The van der Waals surface area contributed by atoms with E-state index < -0.39 is 24.3 Å². The number of likely N-dealkylation sites (N-methyl/N-ethyl adjacent to an activating group) is 1. The van der Waals surface area contributed by atoms with Crippen LogP contribution in [0.4, 0.5) is 30.7 Å². The van der Waals surface area contributed by atoms with Gasteiger partial charge in [-0.1, -0.05) is 12.1 Å². The molecule has 1 spiro atoms. The van der Waals surface area contributed by atoms with Crippen LogP contribution in [-0.4, -0.2) is 75.6 Å². The van der Waals surface area contributed by atoms with Crippen molar-refractivity contribution in [2.45, 2.75) is 37.3 Å². The molecule has 0 radical (unpaired) electrons. The van der Waals surface area contributed by atoms with Crippen molar-refractivity contribution in [1.29, 1.82) is 0 Å². The molecule has 2 aliphatic rings. The van der Waals surface area contributed by atoms with E-state index in [1.165, 1.54) is 6.07 Å². The van der Waals surface area contributed by atoms with E-state index in [9.17, 15) is 30.7 Å². The molecule has 1 saturated heterocycles. The summed E-state index contributed by atoms with van der Waals surface area (Å²) in [5.74, 6) is -4.57. The third-order valence-electron chi connectivity index (χ3n) is 5.70. The molecule has 8 nitrogen and oxygen atoms in total. The SMILES string of the molecule is CN1CCn2c(-c3cccc(F)c3)cnc2C12CCNCC2.O=C(O)C(F)(F)F.O=C(O)C(F)(F)F. The van der Waals surface area contributed by atoms with Gasteiger partial charge in [0.1, 0.15) is 11.6 Å². The summed E-state index contributed by atoms with van der Waals surface area (Å²) >= 11 is 0. The summed E-state index contributed by atoms with van der Waals surface area (Å²) in [6.45, 7) is 3.96. The lowest BCUT2D eigenvalue weighted by Crippen LogP contribution is -2.55. The van der Waals surface area contributed by atoms with Crippen molar-refractivity contribution in [3.8, 4) is 11.3 Å². The number of hydrogen-bond donors (Lipinski definition) is 3. The lowest BCUT2D eigenvalue weighted by atomic mass is 9.84. The standard InChI is InChI=1S/C17H21FN4.2C2HF3O2/c1-21-9-10-22-15(13-3-2-4-14(18)11-13)12-20-16(22)17(21)5-7-19-8-6-17;2*3-2(4,5)1(6)7/h2-4,11-12,19H,5-10H2,1H3;2*(H,6,7). The third kappa shape index (κ3) is 6.94. The Morgan fingerprint density at radius 1 is 1.00 bits per heavy atom. The number of piperidine rings is 1. The van der Waals surface area contributed by atoms with Crippen LogP contribution in [0.5, 0.6) is 0 Å². The smallest absolute Gasteiger partial charge is 0.475 e. The number of nitrogens with zero attached hydrogens (tertiary/aromatic N) is 3. The van der Waals surface area contributed by atoms with E-state index in [-0.39, 0.29) is 11.4 Å². The first kappa shape index (κ1) is 29.0. The van der Waals surface area contributed by atoms with E-state index in [4.69, 9.17) is 24.8 Å². The van der Waals surface area contributed by atoms with Crippen molar-refractivity contribution in [3.05, 3.63) is 42.1 Å². The van der Waals surface area contributed by atoms with Gasteiger partial charge in [-0.3, -0.25) is 4.90 Å². The van der Waals surface area contributed by atoms with Gasteiger partial charge in [0.15, 0.2) is 0 Å². The Labute approximate surface area is 200 Å². The summed E-state index contributed by atoms with van der Waals surface area (Å²) in [6, 6.07) is 6.80. The van der Waals surface area contributed by atoms with Crippen molar-refractivity contribution < 1.29 is 50.5 Å². The topological polar surface area (TPSA) is 108 Å². The molecule has 2 aromatic rings. The quantitative estimate of drug-likeness (QED) is 0.487. The normalized spacial score (nSPS) is 17.2. The number of hydrogen-bond acceptors (Lipinski definition) is 5. The minimum absolute atomic E-state index is 0.0229. The fourth-order valence-electron chi connectivity index (χ4n) is 3.93. The molecule has 1 aromatic carbocycles. The Kier molecular flexibility index (Phi) is 9.07. The molecule has 2 aliphatic heterocycles. The predicted molar refractivity (Wildman–Crippen MR) is 111 cm³/mol. The number of aliphatic carboxylic acids is 2. The van der Waals surface area contributed by atoms with Gasteiger partial charge in [-0.05, 0) is 45.1 Å². The van der Waals surface area contributed by atoms with Crippen LogP contribution in [0.25, 0.3) is 11.3 Å². The minimum atomic E-state index is -5.08. The number of aromatic nitrogens is 2. The maximum Gasteiger partial charge on any atom is 0.490 e. The maximum atomic E-state index is 13.6. The van der Waals surface area contributed by atoms with E-state index in [0.717, 1.165) is 56.1 Å². The summed E-state index contributed by atoms with van der Waals surface area (Å²) in [5.41, 5.74) is 1.96. The molecule has 1 fully saturated rings. The average Bonchev–Trinajstić information content (AvgIpc) is 3.22. The largest absolute Gasteiger partial charge is 0.490 e. The Balaban J connectivity index is 0.000000271. The van der Waals surface area contributed by atoms with E-state index in [0.29, 0.717) is 0 Å². The maximum absolute atomic E-state index is 13.6. The van der Waals surface area contributed by atoms with Crippen molar-refractivity contribution in [2.24, 2.45) is 0 Å². The Bertz CT molecular complexity index is 1040. The Hall–Kier alpha value is -3.20. The molecule has 15 heteroatoms. The second-order valence-corrected chi connectivity index (χ2v) is 7.94. The van der Waals surface area contributed by atoms with Crippen molar-refractivity contribution in [3.63, 3.8) is 0 Å². The number of carboxylic acids is 2. The van der Waals surface area contributed by atoms with Crippen LogP contribution in [0.1, 0.15) is 18.7 Å². The number of fused-ring (bicyclic) bond motifs is 2. The van der Waals surface area contributed by atoms with Gasteiger partial charge < -0.3 is 20.1 Å². The van der Waals surface area contributed by atoms with Gasteiger partial charge in [0.2, 0.25) is 0 Å².